The molecule has 0 aliphatic heterocycles. The van der Waals surface area contributed by atoms with E-state index in [-0.39, 0.29) is 0 Å². The third-order valence-electron chi connectivity index (χ3n) is 1.05. The Balaban J connectivity index is 3.12. The van der Waals surface area contributed by atoms with Crippen LogP contribution in [-0.4, -0.2) is 39.8 Å². The van der Waals surface area contributed by atoms with Crippen molar-refractivity contribution in [2.24, 2.45) is 0 Å². The summed E-state index contributed by atoms with van der Waals surface area (Å²) >= 11 is 3.21. The SMILES string of the molecule is CS(=O)(=O)NCCCOCCBr. The maximum atomic E-state index is 10.6. The maximum Gasteiger partial charge on any atom is 0.208 e. The van der Waals surface area contributed by atoms with Gasteiger partial charge in [0.25, 0.3) is 0 Å². The van der Waals surface area contributed by atoms with Crippen LogP contribution in [0.4, 0.5) is 0 Å². The van der Waals surface area contributed by atoms with Gasteiger partial charge in [-0.25, -0.2) is 13.1 Å². The minimum atomic E-state index is -3.03. The minimum absolute atomic E-state index is 0.446. The van der Waals surface area contributed by atoms with Crippen LogP contribution in [0.5, 0.6) is 0 Å². The van der Waals surface area contributed by atoms with Crippen molar-refractivity contribution >= 4 is 26.0 Å². The van der Waals surface area contributed by atoms with Crippen molar-refractivity contribution in [1.29, 1.82) is 0 Å². The molecular weight excluding hydrogens is 246 g/mol. The Hall–Kier alpha value is 0.350. The average Bonchev–Trinajstić information content (AvgIpc) is 1.94. The molecule has 0 atom stereocenters. The fourth-order valence-electron chi connectivity index (χ4n) is 0.588. The van der Waals surface area contributed by atoms with Crippen LogP contribution in [0, 0.1) is 0 Å². The molecule has 0 aliphatic rings. The standard InChI is InChI=1S/C6H14BrNO3S/c1-12(9,10)8-4-2-5-11-6-3-7/h8H,2-6H2,1H3. The van der Waals surface area contributed by atoms with Gasteiger partial charge in [0.2, 0.25) is 10.0 Å². The van der Waals surface area contributed by atoms with Gasteiger partial charge in [-0.2, -0.15) is 0 Å². The summed E-state index contributed by atoms with van der Waals surface area (Å²) in [6, 6.07) is 0. The van der Waals surface area contributed by atoms with Crippen LogP contribution in [0.3, 0.4) is 0 Å². The molecule has 0 aromatic carbocycles. The highest BCUT2D eigenvalue weighted by Gasteiger charge is 1.97. The molecule has 74 valence electrons. The second-order valence-corrected chi connectivity index (χ2v) is 4.95. The molecule has 4 nitrogen and oxygen atoms in total. The number of halogens is 1. The third kappa shape index (κ3) is 10.3. The molecule has 0 heterocycles. The number of nitrogens with one attached hydrogen (secondary N) is 1. The molecule has 0 aromatic heterocycles. The molecule has 0 aromatic rings. The zero-order valence-corrected chi connectivity index (χ0v) is 9.45. The number of hydrogen-bond donors (Lipinski definition) is 1. The summed E-state index contributed by atoms with van der Waals surface area (Å²) in [7, 11) is -3.03. The quantitative estimate of drug-likeness (QED) is 0.530. The van der Waals surface area contributed by atoms with Gasteiger partial charge in [0.1, 0.15) is 0 Å². The molecule has 0 saturated heterocycles. The lowest BCUT2D eigenvalue weighted by atomic mass is 10.5. The molecule has 0 aliphatic carbocycles. The second kappa shape index (κ2) is 6.82. The van der Waals surface area contributed by atoms with E-state index in [4.69, 9.17) is 4.74 Å². The van der Waals surface area contributed by atoms with Crippen LogP contribution in [0.1, 0.15) is 6.42 Å². The van der Waals surface area contributed by atoms with Gasteiger partial charge in [0.15, 0.2) is 0 Å². The van der Waals surface area contributed by atoms with Gasteiger partial charge >= 0.3 is 0 Å². The first-order valence-electron chi connectivity index (χ1n) is 3.64. The molecule has 12 heavy (non-hydrogen) atoms. The lowest BCUT2D eigenvalue weighted by Gasteiger charge is -2.02. The van der Waals surface area contributed by atoms with Crippen LogP contribution in [0.2, 0.25) is 0 Å². The van der Waals surface area contributed by atoms with E-state index in [1.165, 1.54) is 0 Å². The summed E-state index contributed by atoms with van der Waals surface area (Å²) in [5.41, 5.74) is 0. The molecule has 0 fully saturated rings. The van der Waals surface area contributed by atoms with E-state index in [0.717, 1.165) is 11.6 Å². The number of rotatable bonds is 7. The summed E-state index contributed by atoms with van der Waals surface area (Å²) in [6.45, 7) is 1.70. The fourth-order valence-corrected chi connectivity index (χ4v) is 1.33. The smallest absolute Gasteiger partial charge is 0.208 e. The van der Waals surface area contributed by atoms with Crippen LogP contribution in [0.15, 0.2) is 0 Å². The highest BCUT2D eigenvalue weighted by Crippen LogP contribution is 1.85. The van der Waals surface area contributed by atoms with Crippen molar-refractivity contribution in [2.45, 2.75) is 6.42 Å². The number of sulfonamides is 1. The average molecular weight is 260 g/mol. The topological polar surface area (TPSA) is 55.4 Å². The van der Waals surface area contributed by atoms with E-state index in [1.54, 1.807) is 0 Å². The Labute approximate surface area is 81.9 Å². The predicted molar refractivity (Wildman–Crippen MR) is 52.1 cm³/mol. The van der Waals surface area contributed by atoms with Crippen LogP contribution < -0.4 is 4.72 Å². The summed E-state index contributed by atoms with van der Waals surface area (Å²) < 4.78 is 28.6. The van der Waals surface area contributed by atoms with Crippen LogP contribution >= 0.6 is 15.9 Å². The zero-order chi connectivity index (χ0) is 9.45. The molecule has 0 spiro atoms. The minimum Gasteiger partial charge on any atom is -0.381 e. The normalized spacial score (nSPS) is 11.8. The van der Waals surface area contributed by atoms with Crippen molar-refractivity contribution in [3.63, 3.8) is 0 Å². The van der Waals surface area contributed by atoms with Crippen molar-refractivity contribution in [2.75, 3.05) is 31.3 Å². The number of hydrogen-bond acceptors (Lipinski definition) is 3. The van der Waals surface area contributed by atoms with Gasteiger partial charge in [-0.05, 0) is 6.42 Å². The first kappa shape index (κ1) is 12.3. The largest absolute Gasteiger partial charge is 0.381 e. The Morgan fingerprint density at radius 1 is 1.42 bits per heavy atom. The third-order valence-corrected chi connectivity index (χ3v) is 2.10. The first-order valence-corrected chi connectivity index (χ1v) is 6.66. The van der Waals surface area contributed by atoms with E-state index in [2.05, 4.69) is 20.7 Å². The van der Waals surface area contributed by atoms with E-state index in [0.29, 0.717) is 26.2 Å². The molecule has 0 rings (SSSR count). The predicted octanol–water partition coefficient (Wildman–Crippen LogP) is 0.337. The molecule has 6 heteroatoms. The Morgan fingerprint density at radius 3 is 2.58 bits per heavy atom. The summed E-state index contributed by atoms with van der Waals surface area (Å²) in [4.78, 5) is 0. The molecule has 0 saturated carbocycles. The summed E-state index contributed by atoms with van der Waals surface area (Å²) in [6.07, 6.45) is 1.85. The van der Waals surface area contributed by atoms with Gasteiger partial charge in [0, 0.05) is 18.5 Å². The van der Waals surface area contributed by atoms with Crippen LogP contribution in [-0.2, 0) is 14.8 Å². The molecule has 1 N–H and O–H groups in total. The molecular formula is C6H14BrNO3S. The molecule has 0 bridgehead atoms. The lowest BCUT2D eigenvalue weighted by Crippen LogP contribution is -2.23. The van der Waals surface area contributed by atoms with Crippen molar-refractivity contribution < 1.29 is 13.2 Å². The van der Waals surface area contributed by atoms with E-state index < -0.39 is 10.0 Å². The zero-order valence-electron chi connectivity index (χ0n) is 7.05. The van der Waals surface area contributed by atoms with E-state index in [1.807, 2.05) is 0 Å². The highest BCUT2D eigenvalue weighted by atomic mass is 79.9. The van der Waals surface area contributed by atoms with Crippen molar-refractivity contribution in [1.82, 2.24) is 4.72 Å². The number of ether oxygens (including phenoxy) is 1. The summed E-state index contributed by atoms with van der Waals surface area (Å²) in [5.74, 6) is 0. The van der Waals surface area contributed by atoms with Gasteiger partial charge in [-0.1, -0.05) is 15.9 Å². The molecule has 0 unspecified atom stereocenters. The first-order chi connectivity index (χ1) is 5.56. The van der Waals surface area contributed by atoms with Crippen molar-refractivity contribution in [3.05, 3.63) is 0 Å². The summed E-state index contributed by atoms with van der Waals surface area (Å²) in [5, 5.41) is 0.812. The number of alkyl halides is 1. The van der Waals surface area contributed by atoms with Gasteiger partial charge in [-0.3, -0.25) is 0 Å². The molecule has 0 radical (unpaired) electrons. The van der Waals surface area contributed by atoms with Gasteiger partial charge in [-0.15, -0.1) is 0 Å². The van der Waals surface area contributed by atoms with Gasteiger partial charge in [0.05, 0.1) is 12.9 Å². The Kier molecular flexibility index (Phi) is 7.02. The maximum absolute atomic E-state index is 10.6. The fraction of sp³-hybridized carbons (Fsp3) is 1.00. The van der Waals surface area contributed by atoms with E-state index >= 15 is 0 Å². The Bertz CT molecular complexity index is 193. The highest BCUT2D eigenvalue weighted by molar-refractivity contribution is 9.09. The van der Waals surface area contributed by atoms with Crippen molar-refractivity contribution in [3.8, 4) is 0 Å². The Morgan fingerprint density at radius 2 is 2.08 bits per heavy atom. The van der Waals surface area contributed by atoms with E-state index in [9.17, 15) is 8.42 Å². The molecule has 0 amide bonds. The lowest BCUT2D eigenvalue weighted by molar-refractivity contribution is 0.149. The van der Waals surface area contributed by atoms with Crippen LogP contribution in [0.25, 0.3) is 0 Å². The second-order valence-electron chi connectivity index (χ2n) is 2.32. The monoisotopic (exact) mass is 259 g/mol. The van der Waals surface area contributed by atoms with Gasteiger partial charge < -0.3 is 4.74 Å².